The van der Waals surface area contributed by atoms with Gasteiger partial charge in [0.1, 0.15) is 11.6 Å². The highest BCUT2D eigenvalue weighted by atomic mass is 19.1. The Hall–Kier alpha value is -3.16. The van der Waals surface area contributed by atoms with E-state index < -0.39 is 5.82 Å². The molecule has 1 aromatic carbocycles. The molecular weight excluding hydrogens is 359 g/mol. The van der Waals surface area contributed by atoms with Gasteiger partial charge in [-0.2, -0.15) is 0 Å². The third kappa shape index (κ3) is 3.62. The summed E-state index contributed by atoms with van der Waals surface area (Å²) in [6.45, 7) is 5.59. The molecule has 2 N–H and O–H groups in total. The highest BCUT2D eigenvalue weighted by Crippen LogP contribution is 2.26. The fourth-order valence-corrected chi connectivity index (χ4v) is 3.35. The molecule has 0 atom stereocenters. The zero-order valence-electron chi connectivity index (χ0n) is 15.9. The lowest BCUT2D eigenvalue weighted by atomic mass is 10.1. The van der Waals surface area contributed by atoms with E-state index in [0.717, 1.165) is 31.7 Å². The molecule has 7 nitrogen and oxygen atoms in total. The lowest BCUT2D eigenvalue weighted by molar-refractivity contribution is 0.222. The van der Waals surface area contributed by atoms with E-state index in [2.05, 4.69) is 20.6 Å². The number of hydrogen-bond donors (Lipinski definition) is 2. The fourth-order valence-electron chi connectivity index (χ4n) is 3.35. The summed E-state index contributed by atoms with van der Waals surface area (Å²) in [6, 6.07) is 6.36. The smallest absolute Gasteiger partial charge is 0.321 e. The zero-order chi connectivity index (χ0) is 19.7. The van der Waals surface area contributed by atoms with Crippen LogP contribution in [-0.2, 0) is 0 Å². The number of carbonyl (C=O) groups is 1. The predicted molar refractivity (Wildman–Crippen MR) is 107 cm³/mol. The summed E-state index contributed by atoms with van der Waals surface area (Å²) in [4.78, 5) is 22.8. The van der Waals surface area contributed by atoms with Gasteiger partial charge in [-0.1, -0.05) is 0 Å². The normalized spacial score (nSPS) is 14.1. The van der Waals surface area contributed by atoms with Crippen LogP contribution in [0.3, 0.4) is 0 Å². The molecule has 8 heteroatoms. The molecule has 1 saturated heterocycles. The lowest BCUT2D eigenvalue weighted by Crippen LogP contribution is -2.32. The van der Waals surface area contributed by atoms with Gasteiger partial charge in [-0.25, -0.2) is 19.2 Å². The number of anilines is 2. The van der Waals surface area contributed by atoms with Crippen LogP contribution in [0.4, 0.5) is 20.7 Å². The van der Waals surface area contributed by atoms with Crippen molar-refractivity contribution in [3.05, 3.63) is 42.5 Å². The number of urea groups is 1. The Morgan fingerprint density at radius 2 is 2.00 bits per heavy atom. The second-order valence-electron chi connectivity index (χ2n) is 7.24. The molecule has 2 amide bonds. The van der Waals surface area contributed by atoms with E-state index in [1.807, 2.05) is 24.4 Å². The summed E-state index contributed by atoms with van der Waals surface area (Å²) in [5.74, 6) is 0.908. The van der Waals surface area contributed by atoms with Crippen LogP contribution in [-0.4, -0.2) is 44.4 Å². The van der Waals surface area contributed by atoms with Crippen LogP contribution in [0.1, 0.15) is 26.7 Å². The molecule has 0 radical (unpaired) electrons. The molecule has 0 spiro atoms. The van der Waals surface area contributed by atoms with Gasteiger partial charge in [0.2, 0.25) is 5.78 Å². The molecular formula is C20H23FN6O. The Kier molecular flexibility index (Phi) is 4.85. The van der Waals surface area contributed by atoms with Crippen LogP contribution >= 0.6 is 0 Å². The Morgan fingerprint density at radius 3 is 2.75 bits per heavy atom. The maximum atomic E-state index is 14.5. The summed E-state index contributed by atoms with van der Waals surface area (Å²) in [5.41, 5.74) is 1.33. The maximum absolute atomic E-state index is 14.5. The first kappa shape index (κ1) is 18.2. The van der Waals surface area contributed by atoms with Gasteiger partial charge in [0, 0.05) is 36.6 Å². The van der Waals surface area contributed by atoms with Crippen LogP contribution in [0.5, 0.6) is 0 Å². The third-order valence-corrected chi connectivity index (χ3v) is 4.70. The molecule has 3 aromatic rings. The summed E-state index contributed by atoms with van der Waals surface area (Å²) in [5, 5.41) is 6.14. The van der Waals surface area contributed by atoms with E-state index in [4.69, 9.17) is 0 Å². The number of nitrogens with one attached hydrogen (secondary N) is 2. The minimum atomic E-state index is -0.400. The average Bonchev–Trinajstić information content (AvgIpc) is 3.33. The zero-order valence-corrected chi connectivity index (χ0v) is 15.9. The summed E-state index contributed by atoms with van der Waals surface area (Å²) < 4.78 is 16.3. The first-order chi connectivity index (χ1) is 13.5. The summed E-state index contributed by atoms with van der Waals surface area (Å²) in [7, 11) is 0. The van der Waals surface area contributed by atoms with Crippen molar-refractivity contribution >= 4 is 23.3 Å². The molecule has 1 aliphatic heterocycles. The fraction of sp³-hybridized carbons (Fsp3) is 0.350. The summed E-state index contributed by atoms with van der Waals surface area (Å²) in [6.07, 6.45) is 5.55. The largest absolute Gasteiger partial charge is 0.368 e. The number of benzene rings is 1. The molecule has 4 rings (SSSR count). The lowest BCUT2D eigenvalue weighted by Gasteiger charge is -2.16. The highest BCUT2D eigenvalue weighted by molar-refractivity contribution is 5.90. The molecule has 0 aliphatic carbocycles. The molecule has 1 fully saturated rings. The third-order valence-electron chi connectivity index (χ3n) is 4.70. The van der Waals surface area contributed by atoms with Gasteiger partial charge in [0.15, 0.2) is 0 Å². The number of nitrogens with zero attached hydrogens (tertiary/aromatic N) is 4. The van der Waals surface area contributed by atoms with Crippen molar-refractivity contribution in [3.63, 3.8) is 0 Å². The minimum Gasteiger partial charge on any atom is -0.368 e. The Bertz CT molecular complexity index is 1010. The van der Waals surface area contributed by atoms with Crippen molar-refractivity contribution in [2.24, 2.45) is 0 Å². The number of halogens is 1. The van der Waals surface area contributed by atoms with Gasteiger partial charge in [0.25, 0.3) is 0 Å². The van der Waals surface area contributed by atoms with Gasteiger partial charge in [-0.15, -0.1) is 0 Å². The van der Waals surface area contributed by atoms with Gasteiger partial charge < -0.3 is 15.5 Å². The van der Waals surface area contributed by atoms with Crippen LogP contribution in [0.2, 0.25) is 0 Å². The Balaban J connectivity index is 1.62. The van der Waals surface area contributed by atoms with E-state index in [1.165, 1.54) is 6.07 Å². The monoisotopic (exact) mass is 382 g/mol. The number of hydrogen-bond acceptors (Lipinski definition) is 4. The number of carbonyl (C=O) groups excluding carboxylic acids is 1. The van der Waals surface area contributed by atoms with Gasteiger partial charge >= 0.3 is 6.03 Å². The topological polar surface area (TPSA) is 74.6 Å². The Morgan fingerprint density at radius 1 is 1.21 bits per heavy atom. The molecule has 0 bridgehead atoms. The average molecular weight is 382 g/mol. The van der Waals surface area contributed by atoms with Gasteiger partial charge in [-0.3, -0.25) is 4.40 Å². The molecule has 0 unspecified atom stereocenters. The number of likely N-dealkylation sites (tertiary alicyclic amines) is 1. The van der Waals surface area contributed by atoms with Crippen LogP contribution in [0.25, 0.3) is 17.0 Å². The van der Waals surface area contributed by atoms with Crippen LogP contribution in [0, 0.1) is 5.82 Å². The Labute approximate surface area is 162 Å². The molecule has 146 valence electrons. The first-order valence-corrected chi connectivity index (χ1v) is 9.48. The van der Waals surface area contributed by atoms with Crippen molar-refractivity contribution < 1.29 is 9.18 Å². The number of imidazole rings is 1. The van der Waals surface area contributed by atoms with Crippen LogP contribution < -0.4 is 10.6 Å². The number of fused-ring (bicyclic) bond motifs is 1. The van der Waals surface area contributed by atoms with Crippen molar-refractivity contribution in [2.45, 2.75) is 32.7 Å². The van der Waals surface area contributed by atoms with Crippen molar-refractivity contribution in [3.8, 4) is 11.3 Å². The number of amides is 2. The van der Waals surface area contributed by atoms with Crippen molar-refractivity contribution in [1.82, 2.24) is 19.3 Å². The quantitative estimate of drug-likeness (QED) is 0.716. The molecule has 1 aliphatic rings. The predicted octanol–water partition coefficient (Wildman–Crippen LogP) is 3.98. The molecule has 0 saturated carbocycles. The molecule has 3 heterocycles. The van der Waals surface area contributed by atoms with Gasteiger partial charge in [-0.05, 0) is 51.0 Å². The standard InChI is InChI=1S/C20H23FN6O/c1-13(2)23-18-12-22-19-25-17(7-10-27(18)19)15-11-14(5-6-16(15)21)24-20(28)26-8-3-4-9-26/h5-7,10-13,23H,3-4,8-9H2,1-2H3,(H,24,28). The van der Waals surface area contributed by atoms with Crippen LogP contribution in [0.15, 0.2) is 36.7 Å². The van der Waals surface area contributed by atoms with E-state index >= 15 is 0 Å². The van der Waals surface area contributed by atoms with Crippen molar-refractivity contribution in [1.29, 1.82) is 0 Å². The first-order valence-electron chi connectivity index (χ1n) is 9.48. The van der Waals surface area contributed by atoms with E-state index in [1.54, 1.807) is 29.3 Å². The second-order valence-corrected chi connectivity index (χ2v) is 7.24. The van der Waals surface area contributed by atoms with E-state index in [9.17, 15) is 9.18 Å². The number of aromatic nitrogens is 3. The van der Waals surface area contributed by atoms with E-state index in [-0.39, 0.29) is 12.1 Å². The maximum Gasteiger partial charge on any atom is 0.321 e. The molecule has 2 aromatic heterocycles. The highest BCUT2D eigenvalue weighted by Gasteiger charge is 2.18. The summed E-state index contributed by atoms with van der Waals surface area (Å²) >= 11 is 0. The molecule has 28 heavy (non-hydrogen) atoms. The second kappa shape index (κ2) is 7.46. The van der Waals surface area contributed by atoms with E-state index in [0.29, 0.717) is 22.7 Å². The SMILES string of the molecule is CC(C)Nc1cnc2nc(-c3cc(NC(=O)N4CCCC4)ccc3F)ccn12. The van der Waals surface area contributed by atoms with Gasteiger partial charge in [0.05, 0.1) is 11.9 Å². The minimum absolute atomic E-state index is 0.156. The number of rotatable bonds is 4. The van der Waals surface area contributed by atoms with Crippen molar-refractivity contribution in [2.75, 3.05) is 23.7 Å².